The molecular formula is C72H130N20S. The van der Waals surface area contributed by atoms with Gasteiger partial charge in [0, 0.05) is 169 Å². The fourth-order valence-corrected chi connectivity index (χ4v) is 15.0. The highest BCUT2D eigenvalue weighted by Gasteiger charge is 2.30. The highest BCUT2D eigenvalue weighted by atomic mass is 32.2. The lowest BCUT2D eigenvalue weighted by atomic mass is 10.0. The Kier molecular flexibility index (Phi) is 34.6. The van der Waals surface area contributed by atoms with Gasteiger partial charge in [-0.1, -0.05) is 78.1 Å². The third-order valence-corrected chi connectivity index (χ3v) is 19.6. The van der Waals surface area contributed by atoms with Crippen LogP contribution >= 0.6 is 11.8 Å². The Labute approximate surface area is 569 Å². The minimum absolute atomic E-state index is 0. The number of aromatic nitrogens is 15. The fourth-order valence-electron chi connectivity index (χ4n) is 14.1. The van der Waals surface area contributed by atoms with Crippen LogP contribution in [0.1, 0.15) is 225 Å². The van der Waals surface area contributed by atoms with Crippen molar-refractivity contribution in [2.45, 2.75) is 273 Å². The number of amidine groups is 2. The number of likely N-dealkylation sites (N-methyl/N-ethyl adjacent to an activating group) is 1. The number of imidazole rings is 5. The van der Waals surface area contributed by atoms with E-state index in [4.69, 9.17) is 0 Å². The first kappa shape index (κ1) is 82.7. The van der Waals surface area contributed by atoms with Crippen molar-refractivity contribution in [1.82, 2.24) is 87.0 Å². The summed E-state index contributed by atoms with van der Waals surface area (Å²) in [6, 6.07) is 1.63. The van der Waals surface area contributed by atoms with Crippen molar-refractivity contribution < 1.29 is 0 Å². The number of fused-ring (bicyclic) bond motifs is 9. The first-order valence-electron chi connectivity index (χ1n) is 32.0. The normalized spacial score (nSPS) is 19.1. The molecule has 9 aliphatic heterocycles. The van der Waals surface area contributed by atoms with Gasteiger partial charge in [-0.2, -0.15) is 5.10 Å². The number of nitrogens with zero attached hydrogens (tertiary/aromatic N) is 20. The van der Waals surface area contributed by atoms with E-state index in [0.717, 1.165) is 69.4 Å². The highest BCUT2D eigenvalue weighted by molar-refractivity contribution is 7.99. The fraction of sp³-hybridized carbons (Fsp3) is 0.694. The monoisotopic (exact) mass is 1310 g/mol. The Hall–Kier alpha value is -6.35. The number of thioether (sulfide) groups is 1. The smallest absolute Gasteiger partial charge is 0.168 e. The maximum absolute atomic E-state index is 4.42. The molecule has 0 aromatic carbocycles. The SMILES string of the molecule is C.C.C.C.C.C.C.C.CC1=NCC2CCCN12.CC1=NCCC2CCCN12.CC1CN(C)Cc2ncn(C)c21.Cc1cnc2n1CCC2.Cc1cnc2n1CCS2.Cc1ncc2n1CCC2.Cc1nnc2n1CCC2.Cn1cnc2c1CCC2.Cn1ncc2c1CCC2. The largest absolute Gasteiger partial charge is 0.358 e. The zero-order valence-electron chi connectivity index (χ0n) is 53.3. The van der Waals surface area contributed by atoms with Crippen LogP contribution in [0.3, 0.4) is 0 Å². The second-order valence-electron chi connectivity index (χ2n) is 24.8. The number of hydrogen-bond donors (Lipinski definition) is 0. The van der Waals surface area contributed by atoms with Crippen LogP contribution in [-0.4, -0.2) is 156 Å². The Morgan fingerprint density at radius 3 is 1.78 bits per heavy atom. The molecule has 0 radical (unpaired) electrons. The summed E-state index contributed by atoms with van der Waals surface area (Å²) in [4.78, 5) is 37.3. The van der Waals surface area contributed by atoms with Gasteiger partial charge in [0.2, 0.25) is 0 Å². The summed E-state index contributed by atoms with van der Waals surface area (Å²) in [5.74, 6) is 9.01. The van der Waals surface area contributed by atoms with Crippen LogP contribution < -0.4 is 0 Å². The Bertz CT molecular complexity index is 2950. The first-order valence-corrected chi connectivity index (χ1v) is 33.0. The summed E-state index contributed by atoms with van der Waals surface area (Å²) in [6.45, 7) is 26.2. The van der Waals surface area contributed by atoms with Gasteiger partial charge in [-0.3, -0.25) is 19.6 Å². The van der Waals surface area contributed by atoms with E-state index in [0.29, 0.717) is 5.92 Å². The molecule has 18 rings (SSSR count). The molecular weight excluding hydrogens is 1180 g/mol. The second kappa shape index (κ2) is 38.9. The van der Waals surface area contributed by atoms with Crippen LogP contribution in [0.2, 0.25) is 0 Å². The van der Waals surface area contributed by atoms with Crippen LogP contribution in [-0.2, 0) is 98.8 Å². The molecule has 7 aromatic rings. The first-order chi connectivity index (χ1) is 41.2. The topological polar surface area (TPSA) is 172 Å². The summed E-state index contributed by atoms with van der Waals surface area (Å²) in [6.07, 6.45) is 33.3. The summed E-state index contributed by atoms with van der Waals surface area (Å²) in [5.41, 5.74) is 12.3. The Morgan fingerprint density at radius 1 is 0.484 bits per heavy atom. The number of aryl methyl sites for hydroxylation is 12. The van der Waals surface area contributed by atoms with E-state index < -0.39 is 0 Å². The molecule has 0 N–H and O–H groups in total. The van der Waals surface area contributed by atoms with Gasteiger partial charge < -0.3 is 37.2 Å². The third kappa shape index (κ3) is 20.3. The summed E-state index contributed by atoms with van der Waals surface area (Å²) in [5, 5.41) is 13.3. The third-order valence-electron chi connectivity index (χ3n) is 18.7. The molecule has 93 heavy (non-hydrogen) atoms. The minimum Gasteiger partial charge on any atom is -0.358 e. The van der Waals surface area contributed by atoms with Crippen LogP contribution in [0, 0.1) is 27.7 Å². The predicted molar refractivity (Wildman–Crippen MR) is 394 cm³/mol. The van der Waals surface area contributed by atoms with Crippen LogP contribution in [0.4, 0.5) is 0 Å². The van der Waals surface area contributed by atoms with Crippen molar-refractivity contribution >= 4 is 23.4 Å². The lowest BCUT2D eigenvalue weighted by Crippen LogP contribution is -2.37. The van der Waals surface area contributed by atoms with Crippen molar-refractivity contribution in [1.29, 1.82) is 0 Å². The molecule has 0 spiro atoms. The van der Waals surface area contributed by atoms with Gasteiger partial charge in [-0.05, 0) is 150 Å². The molecule has 21 heteroatoms. The second-order valence-corrected chi connectivity index (χ2v) is 25.9. The summed E-state index contributed by atoms with van der Waals surface area (Å²) in [7, 11) is 8.31. The molecule has 16 heterocycles. The molecule has 7 aromatic heterocycles. The molecule has 3 unspecified atom stereocenters. The molecule has 3 atom stereocenters. The predicted octanol–water partition coefficient (Wildman–Crippen LogP) is 14.1. The van der Waals surface area contributed by atoms with Gasteiger partial charge in [-0.15, -0.1) is 10.2 Å². The Morgan fingerprint density at radius 2 is 1.11 bits per heavy atom. The van der Waals surface area contributed by atoms with Gasteiger partial charge in [0.15, 0.2) is 5.16 Å². The average Bonchev–Trinajstić information content (AvgIpc) is 1.86. The molecule has 20 nitrogen and oxygen atoms in total. The highest BCUT2D eigenvalue weighted by Crippen LogP contribution is 2.28. The maximum Gasteiger partial charge on any atom is 0.168 e. The van der Waals surface area contributed by atoms with Crippen molar-refractivity contribution in [2.24, 2.45) is 31.1 Å². The number of aliphatic imine (C=N–C) groups is 2. The van der Waals surface area contributed by atoms with Gasteiger partial charge in [-0.25, -0.2) is 24.9 Å². The van der Waals surface area contributed by atoms with Crippen LogP contribution in [0.5, 0.6) is 0 Å². The van der Waals surface area contributed by atoms with Gasteiger partial charge in [0.1, 0.15) is 23.3 Å². The van der Waals surface area contributed by atoms with Crippen molar-refractivity contribution in [2.75, 3.05) is 45.5 Å². The molecule has 524 valence electrons. The zero-order chi connectivity index (χ0) is 59.6. The van der Waals surface area contributed by atoms with Gasteiger partial charge in [0.25, 0.3) is 0 Å². The molecule has 2 fully saturated rings. The van der Waals surface area contributed by atoms with Gasteiger partial charge in [0.05, 0.1) is 48.5 Å². The molecule has 2 saturated heterocycles. The average molecular weight is 1310 g/mol. The van der Waals surface area contributed by atoms with E-state index in [1.807, 2.05) is 67.9 Å². The molecule has 0 saturated carbocycles. The van der Waals surface area contributed by atoms with Crippen LogP contribution in [0.15, 0.2) is 52.6 Å². The van der Waals surface area contributed by atoms with Crippen molar-refractivity contribution in [3.8, 4) is 0 Å². The number of hydrogen-bond acceptors (Lipinski definition) is 14. The quantitative estimate of drug-likeness (QED) is 0.141. The molecule has 2 aliphatic carbocycles. The van der Waals surface area contributed by atoms with Crippen molar-refractivity contribution in [3.63, 3.8) is 0 Å². The number of rotatable bonds is 0. The van der Waals surface area contributed by atoms with E-state index in [2.05, 4.69) is 155 Å². The van der Waals surface area contributed by atoms with E-state index >= 15 is 0 Å². The summed E-state index contributed by atoms with van der Waals surface area (Å²) < 4.78 is 15.3. The van der Waals surface area contributed by atoms with Gasteiger partial charge >= 0.3 is 0 Å². The minimum atomic E-state index is 0. The lowest BCUT2D eigenvalue weighted by Gasteiger charge is -2.29. The maximum atomic E-state index is 4.42. The lowest BCUT2D eigenvalue weighted by molar-refractivity contribution is 0.280. The molecule has 0 bridgehead atoms. The summed E-state index contributed by atoms with van der Waals surface area (Å²) >= 11 is 1.84. The van der Waals surface area contributed by atoms with Crippen molar-refractivity contribution in [3.05, 3.63) is 112 Å². The standard InChI is InChI=1S/C9H15N3.C8H14N2.2C7H10N2.C7H12N2.2C7H10N2.C6H9N3.C6H8N2S.8CH4/c1-7-4-11(2)5-8-9(7)12(3)6-10-8;1-7-9-5-4-8-3-2-6-10(7)8;1-9-5-8-6-3-2-4-7(6)9;1-9-7-4-2-3-6(7)5-8-9;2*1-6-8-5-7-3-2-4-9(6)7;1-6-5-8-7-3-2-4-9(6)7;1-5-7-8-6-3-2-4-9(5)6;1-5-4-7-6-8(5)2-3-9-6;;;;;;;;/h6-7H,4-5H2,1-3H3;8H,2-6H2,1H3;2*5H,2-4H2,1H3;7H,2-5H2,1H3;2*5H,2-4H2,1H3;2-4H2,1H3;4H,2-3H2,1H3;8*1H4. The zero-order valence-corrected chi connectivity index (χ0v) is 54.2. The van der Waals surface area contributed by atoms with E-state index in [1.54, 1.807) is 0 Å². The molecule has 0 amide bonds. The van der Waals surface area contributed by atoms with E-state index in [-0.39, 0.29) is 59.4 Å². The Balaban J connectivity index is 0.000000353. The van der Waals surface area contributed by atoms with E-state index in [9.17, 15) is 0 Å². The molecule has 11 aliphatic rings. The van der Waals surface area contributed by atoms with Crippen LogP contribution in [0.25, 0.3) is 0 Å². The van der Waals surface area contributed by atoms with E-state index in [1.165, 1.54) is 214 Å².